The highest BCUT2D eigenvalue weighted by Crippen LogP contribution is 2.17. The van der Waals surface area contributed by atoms with Crippen molar-refractivity contribution < 1.29 is 14.0 Å². The fourth-order valence-electron chi connectivity index (χ4n) is 3.49. The molecule has 0 heterocycles. The van der Waals surface area contributed by atoms with Crippen LogP contribution in [0.4, 0.5) is 10.1 Å². The zero-order valence-corrected chi connectivity index (χ0v) is 17.9. The van der Waals surface area contributed by atoms with E-state index in [-0.39, 0.29) is 24.1 Å². The minimum absolute atomic E-state index is 0.0413. The van der Waals surface area contributed by atoms with Crippen LogP contribution in [0.25, 0.3) is 0 Å². The Balaban J connectivity index is 1.62. The van der Waals surface area contributed by atoms with Crippen LogP contribution in [0.5, 0.6) is 0 Å². The molecule has 0 aromatic heterocycles. The van der Waals surface area contributed by atoms with Crippen molar-refractivity contribution in [2.75, 3.05) is 18.4 Å². The SMILES string of the molecule is CCN(CC)C(=O)c1ccc(Cc2cccc(NC(=O)Cc3cccc(F)c3)c2)cc1. The molecule has 5 heteroatoms. The Kier molecular flexibility index (Phi) is 7.55. The average Bonchev–Trinajstić information content (AvgIpc) is 2.75. The lowest BCUT2D eigenvalue weighted by Gasteiger charge is -2.18. The summed E-state index contributed by atoms with van der Waals surface area (Å²) in [7, 11) is 0. The molecule has 160 valence electrons. The van der Waals surface area contributed by atoms with Crippen LogP contribution in [0.2, 0.25) is 0 Å². The van der Waals surface area contributed by atoms with Gasteiger partial charge in [-0.15, -0.1) is 0 Å². The zero-order valence-electron chi connectivity index (χ0n) is 17.9. The first kappa shape index (κ1) is 22.2. The van der Waals surface area contributed by atoms with E-state index in [9.17, 15) is 14.0 Å². The number of hydrogen-bond donors (Lipinski definition) is 1. The van der Waals surface area contributed by atoms with Crippen molar-refractivity contribution in [2.24, 2.45) is 0 Å². The number of carbonyl (C=O) groups excluding carboxylic acids is 2. The monoisotopic (exact) mass is 418 g/mol. The van der Waals surface area contributed by atoms with E-state index in [0.29, 0.717) is 36.3 Å². The standard InChI is InChI=1S/C26H27FN2O2/c1-3-29(4-2)26(31)22-13-11-19(12-14-22)15-20-8-6-10-24(17-20)28-25(30)18-21-7-5-9-23(27)16-21/h5-14,16-17H,3-4,15,18H2,1-2H3,(H,28,30). The maximum atomic E-state index is 13.3. The summed E-state index contributed by atoms with van der Waals surface area (Å²) in [6.07, 6.45) is 0.803. The number of rotatable bonds is 8. The van der Waals surface area contributed by atoms with Gasteiger partial charge in [-0.05, 0) is 73.4 Å². The zero-order chi connectivity index (χ0) is 22.2. The van der Waals surface area contributed by atoms with Crippen molar-refractivity contribution in [1.82, 2.24) is 4.90 Å². The molecule has 0 aliphatic rings. The van der Waals surface area contributed by atoms with E-state index >= 15 is 0 Å². The molecule has 0 saturated heterocycles. The van der Waals surface area contributed by atoms with E-state index in [2.05, 4.69) is 5.32 Å². The number of nitrogens with one attached hydrogen (secondary N) is 1. The van der Waals surface area contributed by atoms with Gasteiger partial charge in [-0.25, -0.2) is 4.39 Å². The fraction of sp³-hybridized carbons (Fsp3) is 0.231. The lowest BCUT2D eigenvalue weighted by molar-refractivity contribution is -0.115. The molecular formula is C26H27FN2O2. The van der Waals surface area contributed by atoms with Gasteiger partial charge in [0.25, 0.3) is 5.91 Å². The highest BCUT2D eigenvalue weighted by molar-refractivity contribution is 5.94. The molecule has 2 amide bonds. The molecule has 3 aromatic rings. The summed E-state index contributed by atoms with van der Waals surface area (Å²) in [5.74, 6) is -0.501. The number of hydrogen-bond acceptors (Lipinski definition) is 2. The number of amides is 2. The van der Waals surface area contributed by atoms with Crippen molar-refractivity contribution in [3.63, 3.8) is 0 Å². The van der Waals surface area contributed by atoms with Crippen LogP contribution in [-0.2, 0) is 17.6 Å². The summed E-state index contributed by atoms with van der Waals surface area (Å²) in [4.78, 5) is 26.5. The molecule has 1 N–H and O–H groups in total. The second-order valence-electron chi connectivity index (χ2n) is 7.41. The number of nitrogens with zero attached hydrogens (tertiary/aromatic N) is 1. The molecule has 0 aliphatic carbocycles. The van der Waals surface area contributed by atoms with E-state index in [1.54, 1.807) is 17.0 Å². The molecule has 4 nitrogen and oxygen atoms in total. The summed E-state index contributed by atoms with van der Waals surface area (Å²) < 4.78 is 13.3. The summed E-state index contributed by atoms with van der Waals surface area (Å²) in [5, 5.41) is 2.87. The van der Waals surface area contributed by atoms with Gasteiger partial charge in [0.05, 0.1) is 6.42 Å². The highest BCUT2D eigenvalue weighted by atomic mass is 19.1. The van der Waals surface area contributed by atoms with Gasteiger partial charge < -0.3 is 10.2 Å². The minimum atomic E-state index is -0.350. The third-order valence-corrected chi connectivity index (χ3v) is 5.12. The number of benzene rings is 3. The molecule has 0 aliphatic heterocycles. The van der Waals surface area contributed by atoms with Crippen LogP contribution in [0, 0.1) is 5.82 Å². The smallest absolute Gasteiger partial charge is 0.253 e. The van der Waals surface area contributed by atoms with Gasteiger partial charge in [0.15, 0.2) is 0 Å². The Morgan fingerprint density at radius 2 is 1.52 bits per heavy atom. The third-order valence-electron chi connectivity index (χ3n) is 5.12. The molecular weight excluding hydrogens is 391 g/mol. The molecule has 0 bridgehead atoms. The van der Waals surface area contributed by atoms with Gasteiger partial charge in [0.1, 0.15) is 5.82 Å². The summed E-state index contributed by atoms with van der Waals surface area (Å²) in [6.45, 7) is 5.32. The molecule has 0 spiro atoms. The van der Waals surface area contributed by atoms with Gasteiger partial charge in [-0.3, -0.25) is 9.59 Å². The Hall–Kier alpha value is -3.47. The highest BCUT2D eigenvalue weighted by Gasteiger charge is 2.12. The molecule has 31 heavy (non-hydrogen) atoms. The molecule has 0 fully saturated rings. The first-order chi connectivity index (χ1) is 15.0. The maximum absolute atomic E-state index is 13.3. The molecule has 0 atom stereocenters. The lowest BCUT2D eigenvalue weighted by atomic mass is 10.0. The average molecular weight is 419 g/mol. The summed E-state index contributed by atoms with van der Waals surface area (Å²) >= 11 is 0. The lowest BCUT2D eigenvalue weighted by Crippen LogP contribution is -2.30. The van der Waals surface area contributed by atoms with Crippen LogP contribution in [0.3, 0.4) is 0 Å². The Bertz CT molecular complexity index is 1040. The van der Waals surface area contributed by atoms with Crippen molar-refractivity contribution >= 4 is 17.5 Å². The number of anilines is 1. The molecule has 0 saturated carbocycles. The number of carbonyl (C=O) groups is 2. The molecule has 0 unspecified atom stereocenters. The van der Waals surface area contributed by atoms with Gasteiger partial charge >= 0.3 is 0 Å². The Morgan fingerprint density at radius 3 is 2.19 bits per heavy atom. The molecule has 0 radical (unpaired) electrons. The fourth-order valence-corrected chi connectivity index (χ4v) is 3.49. The first-order valence-electron chi connectivity index (χ1n) is 10.5. The second-order valence-corrected chi connectivity index (χ2v) is 7.41. The molecule has 3 rings (SSSR count). The predicted octanol–water partition coefficient (Wildman–Crippen LogP) is 5.08. The van der Waals surface area contributed by atoms with Crippen molar-refractivity contribution in [3.8, 4) is 0 Å². The van der Waals surface area contributed by atoms with Crippen LogP contribution >= 0.6 is 0 Å². The van der Waals surface area contributed by atoms with Crippen molar-refractivity contribution in [2.45, 2.75) is 26.7 Å². The first-order valence-corrected chi connectivity index (χ1v) is 10.5. The molecule has 3 aromatic carbocycles. The van der Waals surface area contributed by atoms with Crippen LogP contribution < -0.4 is 5.32 Å². The van der Waals surface area contributed by atoms with Crippen LogP contribution in [0.15, 0.2) is 72.8 Å². The normalized spacial score (nSPS) is 10.5. The number of halogens is 1. The Labute approximate surface area is 182 Å². The van der Waals surface area contributed by atoms with E-state index in [0.717, 1.165) is 11.1 Å². The van der Waals surface area contributed by atoms with Crippen molar-refractivity contribution in [1.29, 1.82) is 0 Å². The van der Waals surface area contributed by atoms with E-state index in [1.165, 1.54) is 12.1 Å². The second kappa shape index (κ2) is 10.5. The summed E-state index contributed by atoms with van der Waals surface area (Å²) in [5.41, 5.74) is 4.15. The topological polar surface area (TPSA) is 49.4 Å². The quantitative estimate of drug-likeness (QED) is 0.555. The van der Waals surface area contributed by atoms with Gasteiger partial charge in [0.2, 0.25) is 5.91 Å². The minimum Gasteiger partial charge on any atom is -0.339 e. The van der Waals surface area contributed by atoms with E-state index < -0.39 is 0 Å². The largest absolute Gasteiger partial charge is 0.339 e. The van der Waals surface area contributed by atoms with Gasteiger partial charge in [0, 0.05) is 24.3 Å². The van der Waals surface area contributed by atoms with Crippen LogP contribution in [0.1, 0.15) is 40.9 Å². The van der Waals surface area contributed by atoms with E-state index in [4.69, 9.17) is 0 Å². The maximum Gasteiger partial charge on any atom is 0.253 e. The van der Waals surface area contributed by atoms with Crippen molar-refractivity contribution in [3.05, 3.63) is 101 Å². The van der Waals surface area contributed by atoms with Gasteiger partial charge in [-0.2, -0.15) is 0 Å². The van der Waals surface area contributed by atoms with E-state index in [1.807, 2.05) is 62.4 Å². The van der Waals surface area contributed by atoms with Crippen LogP contribution in [-0.4, -0.2) is 29.8 Å². The Morgan fingerprint density at radius 1 is 0.839 bits per heavy atom. The predicted molar refractivity (Wildman–Crippen MR) is 122 cm³/mol. The summed E-state index contributed by atoms with van der Waals surface area (Å²) in [6, 6.07) is 21.4. The third kappa shape index (κ3) is 6.25. The van der Waals surface area contributed by atoms with Gasteiger partial charge in [-0.1, -0.05) is 36.4 Å².